The molecule has 6 nitrogen and oxygen atoms in total. The Hall–Kier alpha value is -2.13. The molecule has 1 saturated carbocycles. The lowest BCUT2D eigenvalue weighted by Crippen LogP contribution is -2.50. The van der Waals surface area contributed by atoms with Crippen LogP contribution < -0.4 is 4.90 Å². The van der Waals surface area contributed by atoms with Gasteiger partial charge in [0, 0.05) is 31.9 Å². The summed E-state index contributed by atoms with van der Waals surface area (Å²) in [5.74, 6) is 0.985. The SMILES string of the molecule is N#Cc1cccnc1N1CCC[C@]2(CCN(C3CCC(O)CC3)C2=O)C1. The molecule has 1 N–H and O–H groups in total. The average molecular weight is 354 g/mol. The Balaban J connectivity index is 1.52. The molecule has 0 aromatic carbocycles. The maximum absolute atomic E-state index is 13.3. The zero-order chi connectivity index (χ0) is 18.1. The van der Waals surface area contributed by atoms with E-state index < -0.39 is 0 Å². The quantitative estimate of drug-likeness (QED) is 0.879. The van der Waals surface area contributed by atoms with Crippen molar-refractivity contribution in [2.75, 3.05) is 24.5 Å². The molecule has 1 aromatic rings. The van der Waals surface area contributed by atoms with Crippen LogP contribution in [0.2, 0.25) is 0 Å². The van der Waals surface area contributed by atoms with Gasteiger partial charge >= 0.3 is 0 Å². The summed E-state index contributed by atoms with van der Waals surface area (Å²) >= 11 is 0. The maximum atomic E-state index is 13.3. The van der Waals surface area contributed by atoms with E-state index in [4.69, 9.17) is 0 Å². The van der Waals surface area contributed by atoms with E-state index in [1.165, 1.54) is 0 Å². The first-order chi connectivity index (χ1) is 12.6. The van der Waals surface area contributed by atoms with E-state index in [2.05, 4.69) is 20.9 Å². The van der Waals surface area contributed by atoms with Crippen LogP contribution in [0.3, 0.4) is 0 Å². The van der Waals surface area contributed by atoms with Crippen LogP contribution in [0.1, 0.15) is 50.5 Å². The van der Waals surface area contributed by atoms with E-state index in [1.807, 2.05) is 0 Å². The first-order valence-electron chi connectivity index (χ1n) is 9.72. The molecule has 3 fully saturated rings. The summed E-state index contributed by atoms with van der Waals surface area (Å²) in [4.78, 5) is 22.0. The number of anilines is 1. The topological polar surface area (TPSA) is 80.5 Å². The fraction of sp³-hybridized carbons (Fsp3) is 0.650. The molecule has 6 heteroatoms. The Kier molecular flexibility index (Phi) is 4.58. The van der Waals surface area contributed by atoms with E-state index in [0.717, 1.165) is 58.0 Å². The molecule has 0 radical (unpaired) electrons. The van der Waals surface area contributed by atoms with Crippen molar-refractivity contribution in [2.24, 2.45) is 5.41 Å². The molecule has 1 atom stereocenters. The van der Waals surface area contributed by atoms with Gasteiger partial charge in [0.2, 0.25) is 5.91 Å². The number of piperidine rings is 1. The summed E-state index contributed by atoms with van der Waals surface area (Å²) in [6, 6.07) is 6.08. The number of pyridine rings is 1. The van der Waals surface area contributed by atoms with Gasteiger partial charge in [-0.05, 0) is 57.1 Å². The summed E-state index contributed by atoms with van der Waals surface area (Å²) in [7, 11) is 0. The molecule has 138 valence electrons. The number of hydrogen-bond acceptors (Lipinski definition) is 5. The van der Waals surface area contributed by atoms with Crippen LogP contribution in [0.5, 0.6) is 0 Å². The number of nitrogens with zero attached hydrogens (tertiary/aromatic N) is 4. The van der Waals surface area contributed by atoms with Gasteiger partial charge in [-0.2, -0.15) is 5.26 Å². The number of likely N-dealkylation sites (tertiary alicyclic amines) is 1. The van der Waals surface area contributed by atoms with E-state index in [9.17, 15) is 15.2 Å². The van der Waals surface area contributed by atoms with Crippen molar-refractivity contribution in [3.63, 3.8) is 0 Å². The molecule has 3 aliphatic rings. The number of amides is 1. The third-order valence-corrected chi connectivity index (χ3v) is 6.44. The van der Waals surface area contributed by atoms with E-state index in [1.54, 1.807) is 18.3 Å². The van der Waals surface area contributed by atoms with Crippen LogP contribution in [0, 0.1) is 16.7 Å². The summed E-state index contributed by atoms with van der Waals surface area (Å²) in [5, 5.41) is 19.1. The number of nitriles is 1. The van der Waals surface area contributed by atoms with E-state index in [0.29, 0.717) is 17.9 Å². The van der Waals surface area contributed by atoms with E-state index in [-0.39, 0.29) is 23.5 Å². The zero-order valence-corrected chi connectivity index (χ0v) is 15.1. The Morgan fingerprint density at radius 1 is 1.23 bits per heavy atom. The maximum Gasteiger partial charge on any atom is 0.230 e. The predicted molar refractivity (Wildman–Crippen MR) is 97.4 cm³/mol. The molecule has 1 spiro atoms. The highest BCUT2D eigenvalue weighted by molar-refractivity contribution is 5.86. The highest BCUT2D eigenvalue weighted by atomic mass is 16.3. The number of aromatic nitrogens is 1. The molecule has 2 saturated heterocycles. The number of rotatable bonds is 2. The second kappa shape index (κ2) is 6.88. The summed E-state index contributed by atoms with van der Waals surface area (Å²) < 4.78 is 0. The molecule has 1 aliphatic carbocycles. The van der Waals surface area contributed by atoms with Gasteiger partial charge in [0.25, 0.3) is 0 Å². The molecule has 2 aliphatic heterocycles. The number of carbonyl (C=O) groups excluding carboxylic acids is 1. The van der Waals surface area contributed by atoms with Gasteiger partial charge in [0.15, 0.2) is 0 Å². The largest absolute Gasteiger partial charge is 0.393 e. The van der Waals surface area contributed by atoms with Gasteiger partial charge in [0.1, 0.15) is 11.9 Å². The lowest BCUT2D eigenvalue weighted by atomic mass is 9.78. The third kappa shape index (κ3) is 2.95. The summed E-state index contributed by atoms with van der Waals surface area (Å²) in [5.41, 5.74) is 0.242. The minimum Gasteiger partial charge on any atom is -0.393 e. The van der Waals surface area contributed by atoms with Gasteiger partial charge in [0.05, 0.1) is 17.1 Å². The number of aliphatic hydroxyl groups is 1. The Morgan fingerprint density at radius 3 is 2.81 bits per heavy atom. The molecule has 0 unspecified atom stereocenters. The molecular weight excluding hydrogens is 328 g/mol. The van der Waals surface area contributed by atoms with Crippen LogP contribution in [-0.2, 0) is 4.79 Å². The smallest absolute Gasteiger partial charge is 0.230 e. The molecule has 4 rings (SSSR count). The summed E-state index contributed by atoms with van der Waals surface area (Å²) in [6.45, 7) is 2.32. The van der Waals surface area contributed by atoms with Crippen LogP contribution in [0.15, 0.2) is 18.3 Å². The van der Waals surface area contributed by atoms with Crippen molar-refractivity contribution in [2.45, 2.75) is 57.1 Å². The normalized spacial score (nSPS) is 32.1. The monoisotopic (exact) mass is 354 g/mol. The minimum absolute atomic E-state index is 0.198. The molecule has 1 aromatic heterocycles. The molecule has 1 amide bonds. The molecule has 3 heterocycles. The van der Waals surface area contributed by atoms with Crippen molar-refractivity contribution in [3.8, 4) is 6.07 Å². The third-order valence-electron chi connectivity index (χ3n) is 6.44. The highest BCUT2D eigenvalue weighted by Gasteiger charge is 2.50. The number of hydrogen-bond donors (Lipinski definition) is 1. The lowest BCUT2D eigenvalue weighted by Gasteiger charge is -2.41. The highest BCUT2D eigenvalue weighted by Crippen LogP contribution is 2.43. The van der Waals surface area contributed by atoms with Gasteiger partial charge in [-0.1, -0.05) is 0 Å². The zero-order valence-electron chi connectivity index (χ0n) is 15.1. The number of aliphatic hydroxyl groups excluding tert-OH is 1. The Labute approximate surface area is 154 Å². The molecular formula is C20H26N4O2. The van der Waals surface area contributed by atoms with Gasteiger partial charge in [-0.3, -0.25) is 4.79 Å². The second-order valence-electron chi connectivity index (χ2n) is 8.00. The van der Waals surface area contributed by atoms with Crippen LogP contribution in [0.25, 0.3) is 0 Å². The number of carbonyl (C=O) groups is 1. The van der Waals surface area contributed by atoms with E-state index >= 15 is 0 Å². The van der Waals surface area contributed by atoms with Crippen LogP contribution in [-0.4, -0.2) is 52.7 Å². The summed E-state index contributed by atoms with van der Waals surface area (Å²) in [6.07, 6.45) is 7.69. The van der Waals surface area contributed by atoms with Crippen LogP contribution in [0.4, 0.5) is 5.82 Å². The minimum atomic E-state index is -0.335. The van der Waals surface area contributed by atoms with Gasteiger partial charge in [-0.15, -0.1) is 0 Å². The second-order valence-corrected chi connectivity index (χ2v) is 8.00. The Bertz CT molecular complexity index is 723. The standard InChI is InChI=1S/C20H26N4O2/c21-13-15-3-1-10-22-18(15)23-11-2-8-20(14-23)9-12-24(19(20)26)16-4-6-17(25)7-5-16/h1,3,10,16-17,25H,2,4-9,11-12,14H2/t16?,17?,20-/m0/s1. The van der Waals surface area contributed by atoms with Crippen molar-refractivity contribution in [3.05, 3.63) is 23.9 Å². The molecule has 26 heavy (non-hydrogen) atoms. The van der Waals surface area contributed by atoms with Crippen molar-refractivity contribution in [1.82, 2.24) is 9.88 Å². The lowest BCUT2D eigenvalue weighted by molar-refractivity contribution is -0.139. The van der Waals surface area contributed by atoms with Gasteiger partial charge in [-0.25, -0.2) is 4.98 Å². The fourth-order valence-corrected chi connectivity index (χ4v) is 4.99. The first-order valence-corrected chi connectivity index (χ1v) is 9.72. The van der Waals surface area contributed by atoms with Gasteiger partial charge < -0.3 is 14.9 Å². The Morgan fingerprint density at radius 2 is 2.04 bits per heavy atom. The fourth-order valence-electron chi connectivity index (χ4n) is 4.99. The molecule has 0 bridgehead atoms. The predicted octanol–water partition coefficient (Wildman–Crippen LogP) is 2.08. The van der Waals surface area contributed by atoms with Crippen molar-refractivity contribution >= 4 is 11.7 Å². The van der Waals surface area contributed by atoms with Crippen LogP contribution >= 0.6 is 0 Å². The first kappa shape index (κ1) is 17.3. The van der Waals surface area contributed by atoms with Crippen molar-refractivity contribution in [1.29, 1.82) is 5.26 Å². The van der Waals surface area contributed by atoms with Crippen molar-refractivity contribution < 1.29 is 9.90 Å². The average Bonchev–Trinajstić information content (AvgIpc) is 2.98.